The number of carboxylic acids is 1. The van der Waals surface area contributed by atoms with Gasteiger partial charge in [0.25, 0.3) is 0 Å². The molecule has 0 unspecified atom stereocenters. The summed E-state index contributed by atoms with van der Waals surface area (Å²) in [6.45, 7) is 3.21. The lowest BCUT2D eigenvalue weighted by Gasteiger charge is -2.32. The summed E-state index contributed by atoms with van der Waals surface area (Å²) < 4.78 is 0. The number of likely N-dealkylation sites (tertiary alicyclic amines) is 3. The minimum absolute atomic E-state index is 0.0819. The third kappa shape index (κ3) is 12.8. The number of guanidine groups is 1. The van der Waals surface area contributed by atoms with E-state index in [4.69, 9.17) is 17.2 Å². The normalized spacial score (nSPS) is 21.4. The van der Waals surface area contributed by atoms with Crippen LogP contribution in [-0.2, 0) is 38.4 Å². The molecule has 3 aliphatic rings. The molecule has 0 aromatic rings. The van der Waals surface area contributed by atoms with Gasteiger partial charge in [0.1, 0.15) is 36.3 Å². The van der Waals surface area contributed by atoms with E-state index in [1.54, 1.807) is 0 Å². The van der Waals surface area contributed by atoms with Gasteiger partial charge >= 0.3 is 5.97 Å². The average molecular weight is 794 g/mol. The second-order valence-corrected chi connectivity index (χ2v) is 14.5. The molecule has 0 aromatic carbocycles. The minimum Gasteiger partial charge on any atom is -0.480 e. The van der Waals surface area contributed by atoms with Gasteiger partial charge in [0.05, 0.1) is 12.6 Å². The molecule has 314 valence electrons. The first-order chi connectivity index (χ1) is 26.6. The number of aliphatic hydroxyl groups excluding tert-OH is 1. The Balaban J connectivity index is 1.76. The van der Waals surface area contributed by atoms with E-state index in [1.165, 1.54) is 28.5 Å². The average Bonchev–Trinajstić information content (AvgIpc) is 3.94. The molecule has 12 N–H and O–H groups in total. The van der Waals surface area contributed by atoms with Gasteiger partial charge in [-0.25, -0.2) is 4.79 Å². The van der Waals surface area contributed by atoms with Gasteiger partial charge in [-0.15, -0.1) is 0 Å². The number of hydrogen-bond donors (Lipinski definition) is 9. The summed E-state index contributed by atoms with van der Waals surface area (Å²) >= 11 is 0. The van der Waals surface area contributed by atoms with Gasteiger partial charge in [0.15, 0.2) is 5.96 Å². The van der Waals surface area contributed by atoms with E-state index in [-0.39, 0.29) is 57.8 Å². The third-order valence-corrected chi connectivity index (χ3v) is 10.2. The van der Waals surface area contributed by atoms with E-state index in [1.807, 2.05) is 0 Å². The van der Waals surface area contributed by atoms with Crippen LogP contribution in [0.15, 0.2) is 4.99 Å². The number of carboxylic acid groups (broad SMARTS) is 1. The highest BCUT2D eigenvalue weighted by atomic mass is 16.4. The Bertz CT molecular complexity index is 1470. The predicted molar refractivity (Wildman–Crippen MR) is 201 cm³/mol. The lowest BCUT2D eigenvalue weighted by molar-refractivity contribution is -0.148. The smallest absolute Gasteiger partial charge is 0.326 e. The first-order valence-electron chi connectivity index (χ1n) is 19.3. The molecule has 3 heterocycles. The zero-order valence-corrected chi connectivity index (χ0v) is 32.2. The Morgan fingerprint density at radius 2 is 1.29 bits per heavy atom. The SMILES string of the molecule is CC(=O)N[C@H](C(=O)N[C@@H](CCCCN)C(=O)N1CCC[C@H]1C(=O)N[C@H](CCCN=C(N)N)C(=O)N1CCC[C@H]1C(=O)NCC(=O)N1CCC[C@H]1C(=O)O)[C@@H](C)O. The Morgan fingerprint density at radius 3 is 1.82 bits per heavy atom. The molecule has 0 saturated carbocycles. The van der Waals surface area contributed by atoms with Crippen molar-refractivity contribution in [2.45, 2.75) is 127 Å². The lowest BCUT2D eigenvalue weighted by Crippen LogP contribution is -2.59. The molecular formula is C35H59N11O10. The van der Waals surface area contributed by atoms with Crippen molar-refractivity contribution in [3.05, 3.63) is 0 Å². The van der Waals surface area contributed by atoms with Crippen LogP contribution < -0.4 is 38.5 Å². The summed E-state index contributed by atoms with van der Waals surface area (Å²) in [6.07, 6.45) is 2.61. The van der Waals surface area contributed by atoms with Crippen molar-refractivity contribution >= 4 is 53.3 Å². The summed E-state index contributed by atoms with van der Waals surface area (Å²) in [5.74, 6) is -5.46. The second kappa shape index (κ2) is 21.9. The molecule has 0 aliphatic carbocycles. The van der Waals surface area contributed by atoms with Crippen LogP contribution in [0, 0.1) is 0 Å². The Morgan fingerprint density at radius 1 is 0.750 bits per heavy atom. The number of nitrogens with two attached hydrogens (primary N) is 3. The first kappa shape index (κ1) is 45.3. The number of carbonyl (C=O) groups is 8. The van der Waals surface area contributed by atoms with Gasteiger partial charge in [-0.05, 0) is 84.1 Å². The summed E-state index contributed by atoms with van der Waals surface area (Å²) in [5.41, 5.74) is 16.6. The molecule has 0 radical (unpaired) electrons. The van der Waals surface area contributed by atoms with E-state index < -0.39 is 96.2 Å². The van der Waals surface area contributed by atoms with Gasteiger partial charge in [-0.1, -0.05) is 0 Å². The molecule has 7 amide bonds. The standard InChI is InChI=1S/C35H59N11O10/c1-20(47)28(41-21(2)48)31(52)43-22(9-3-4-14-36)32(53)46-18-7-12-25(46)30(51)42-23(10-5-15-39-35(37)38)33(54)45-17-6-11-24(45)29(50)40-19-27(49)44-16-8-13-26(44)34(55)56/h20,22-26,28,47H,3-19,36H2,1-2H3,(H,40,50)(H,41,48)(H,42,51)(H,43,52)(H,55,56)(H4,37,38,39)/t20-,22+,23-,24+,25+,26+,28+/m1/s1. The van der Waals surface area contributed by atoms with E-state index >= 15 is 0 Å². The predicted octanol–water partition coefficient (Wildman–Crippen LogP) is -3.80. The number of amides is 7. The van der Waals surface area contributed by atoms with Crippen molar-refractivity contribution in [2.24, 2.45) is 22.2 Å². The fourth-order valence-electron chi connectivity index (χ4n) is 7.38. The number of aliphatic imine (C=N–C) groups is 1. The van der Waals surface area contributed by atoms with Crippen LogP contribution in [0.25, 0.3) is 0 Å². The lowest BCUT2D eigenvalue weighted by atomic mass is 10.0. The second-order valence-electron chi connectivity index (χ2n) is 14.5. The Hall–Kier alpha value is -5.05. The number of rotatable bonds is 20. The number of nitrogens with one attached hydrogen (secondary N) is 4. The number of aliphatic hydroxyl groups is 1. The molecule has 0 spiro atoms. The van der Waals surface area contributed by atoms with Gasteiger partial charge in [0.2, 0.25) is 41.4 Å². The molecule has 3 aliphatic heterocycles. The van der Waals surface area contributed by atoms with Crippen LogP contribution in [0.2, 0.25) is 0 Å². The van der Waals surface area contributed by atoms with Gasteiger partial charge < -0.3 is 63.4 Å². The summed E-state index contributed by atoms with van der Waals surface area (Å²) in [7, 11) is 0. The van der Waals surface area contributed by atoms with Crippen LogP contribution in [-0.4, -0.2) is 160 Å². The van der Waals surface area contributed by atoms with Gasteiger partial charge in [-0.3, -0.25) is 38.6 Å². The number of aliphatic carboxylic acids is 1. The fourth-order valence-corrected chi connectivity index (χ4v) is 7.38. The van der Waals surface area contributed by atoms with E-state index in [9.17, 15) is 48.6 Å². The largest absolute Gasteiger partial charge is 0.480 e. The summed E-state index contributed by atoms with van der Waals surface area (Å²) in [4.78, 5) is 112. The van der Waals surface area contributed by atoms with Crippen molar-refractivity contribution in [3.8, 4) is 0 Å². The molecule has 3 fully saturated rings. The van der Waals surface area contributed by atoms with Crippen molar-refractivity contribution in [2.75, 3.05) is 39.3 Å². The minimum atomic E-state index is -1.33. The molecule has 0 aromatic heterocycles. The Kier molecular flexibility index (Phi) is 17.7. The van der Waals surface area contributed by atoms with Gasteiger partial charge in [0, 0.05) is 33.1 Å². The molecule has 21 heteroatoms. The zero-order chi connectivity index (χ0) is 41.5. The highest BCUT2D eigenvalue weighted by molar-refractivity contribution is 5.97. The fraction of sp³-hybridized carbons (Fsp3) is 0.743. The van der Waals surface area contributed by atoms with E-state index in [2.05, 4.69) is 26.3 Å². The Labute approximate surface area is 325 Å². The maximum Gasteiger partial charge on any atom is 0.326 e. The maximum atomic E-state index is 14.1. The van der Waals surface area contributed by atoms with Crippen LogP contribution in [0.3, 0.4) is 0 Å². The van der Waals surface area contributed by atoms with Gasteiger partial charge in [-0.2, -0.15) is 0 Å². The van der Waals surface area contributed by atoms with Crippen LogP contribution >= 0.6 is 0 Å². The molecule has 3 rings (SSSR count). The molecule has 21 nitrogen and oxygen atoms in total. The molecule has 56 heavy (non-hydrogen) atoms. The summed E-state index contributed by atoms with van der Waals surface area (Å²) in [6, 6.07) is -6.49. The number of nitrogens with zero attached hydrogens (tertiary/aromatic N) is 4. The van der Waals surface area contributed by atoms with Crippen molar-refractivity contribution < 1.29 is 48.6 Å². The quantitative estimate of drug-likeness (QED) is 0.0325. The summed E-state index contributed by atoms with van der Waals surface area (Å²) in [5, 5.41) is 29.9. The highest BCUT2D eigenvalue weighted by Crippen LogP contribution is 2.23. The molecule has 3 saturated heterocycles. The van der Waals surface area contributed by atoms with E-state index in [0.29, 0.717) is 51.5 Å². The monoisotopic (exact) mass is 793 g/mol. The maximum absolute atomic E-state index is 14.1. The highest BCUT2D eigenvalue weighted by Gasteiger charge is 2.42. The van der Waals surface area contributed by atoms with Crippen molar-refractivity contribution in [3.63, 3.8) is 0 Å². The van der Waals surface area contributed by atoms with Crippen LogP contribution in [0.4, 0.5) is 0 Å². The zero-order valence-electron chi connectivity index (χ0n) is 32.2. The number of unbranched alkanes of at least 4 members (excludes halogenated alkanes) is 1. The van der Waals surface area contributed by atoms with Crippen molar-refractivity contribution in [1.29, 1.82) is 0 Å². The molecular weight excluding hydrogens is 734 g/mol. The van der Waals surface area contributed by atoms with Crippen LogP contribution in [0.1, 0.15) is 84.5 Å². The molecule has 0 bridgehead atoms. The van der Waals surface area contributed by atoms with E-state index in [0.717, 1.165) is 0 Å². The number of carbonyl (C=O) groups excluding carboxylic acids is 7. The first-order valence-corrected chi connectivity index (χ1v) is 19.3. The third-order valence-electron chi connectivity index (χ3n) is 10.2. The molecule has 7 atom stereocenters. The van der Waals surface area contributed by atoms with Crippen molar-refractivity contribution in [1.82, 2.24) is 36.0 Å². The topological polar surface area (TPSA) is 325 Å². The van der Waals surface area contributed by atoms with Crippen LogP contribution in [0.5, 0.6) is 0 Å². The number of hydrogen-bond acceptors (Lipinski definition) is 11.